The van der Waals surface area contributed by atoms with Gasteiger partial charge >= 0.3 is 0 Å². The summed E-state index contributed by atoms with van der Waals surface area (Å²) in [5.74, 6) is 0. The topological polar surface area (TPSA) is 18.5 Å². The summed E-state index contributed by atoms with van der Waals surface area (Å²) in [5, 5.41) is 3.39. The molecule has 0 aliphatic carbocycles. The summed E-state index contributed by atoms with van der Waals surface area (Å²) < 4.78 is 0. The molecule has 0 aromatic heterocycles. The summed E-state index contributed by atoms with van der Waals surface area (Å²) >= 11 is 0. The molecule has 2 aliphatic heterocycles. The van der Waals surface area contributed by atoms with Crippen molar-refractivity contribution in [3.8, 4) is 0 Å². The third-order valence-corrected chi connectivity index (χ3v) is 3.14. The van der Waals surface area contributed by atoms with Crippen molar-refractivity contribution in [2.24, 2.45) is 0 Å². The Kier molecular flexibility index (Phi) is 6.98. The molecule has 0 spiro atoms. The quantitative estimate of drug-likeness (QED) is 0.755. The van der Waals surface area contributed by atoms with Crippen molar-refractivity contribution in [1.82, 2.24) is 15.1 Å². The largest absolute Gasteiger partial charge is 0.314 e. The molecule has 15 heavy (non-hydrogen) atoms. The number of piperazine rings is 1. The lowest BCUT2D eigenvalue weighted by Crippen LogP contribution is -2.46. The average molecular weight is 213 g/mol. The molecular weight excluding hydrogens is 186 g/mol. The lowest BCUT2D eigenvalue weighted by atomic mass is 10.3. The monoisotopic (exact) mass is 213 g/mol. The fourth-order valence-corrected chi connectivity index (χ4v) is 2.22. The Morgan fingerprint density at radius 2 is 1.27 bits per heavy atom. The second-order valence-electron chi connectivity index (χ2n) is 4.14. The van der Waals surface area contributed by atoms with Crippen LogP contribution in [0.2, 0.25) is 0 Å². The van der Waals surface area contributed by atoms with Gasteiger partial charge in [0.05, 0.1) is 0 Å². The Labute approximate surface area is 94.8 Å². The van der Waals surface area contributed by atoms with E-state index in [1.54, 1.807) is 0 Å². The molecule has 0 radical (unpaired) electrons. The first-order chi connectivity index (χ1) is 7.45. The Morgan fingerprint density at radius 1 is 0.800 bits per heavy atom. The molecule has 0 aromatic rings. The predicted octanol–water partition coefficient (Wildman–Crippen LogP) is 1.01. The molecule has 90 valence electrons. The Morgan fingerprint density at radius 3 is 1.80 bits per heavy atom. The van der Waals surface area contributed by atoms with Gasteiger partial charge in [-0.2, -0.15) is 0 Å². The molecule has 2 heterocycles. The first-order valence-corrected chi connectivity index (χ1v) is 6.60. The van der Waals surface area contributed by atoms with Crippen molar-refractivity contribution < 1.29 is 0 Å². The number of rotatable bonds is 3. The van der Waals surface area contributed by atoms with Crippen LogP contribution in [-0.2, 0) is 0 Å². The smallest absolute Gasteiger partial charge is 0.0110 e. The maximum absolute atomic E-state index is 3.39. The summed E-state index contributed by atoms with van der Waals surface area (Å²) in [6.45, 7) is 14.1. The van der Waals surface area contributed by atoms with E-state index in [0.29, 0.717) is 0 Å². The second kappa shape index (κ2) is 8.08. The van der Waals surface area contributed by atoms with Crippen LogP contribution in [0.1, 0.15) is 26.7 Å². The van der Waals surface area contributed by atoms with Crippen LogP contribution in [0.3, 0.4) is 0 Å². The fraction of sp³-hybridized carbons (Fsp3) is 1.00. The molecule has 1 N–H and O–H groups in total. The van der Waals surface area contributed by atoms with Gasteiger partial charge in [0.1, 0.15) is 0 Å². The van der Waals surface area contributed by atoms with Gasteiger partial charge in [0.15, 0.2) is 0 Å². The first-order valence-electron chi connectivity index (χ1n) is 6.60. The van der Waals surface area contributed by atoms with Gasteiger partial charge in [0.2, 0.25) is 0 Å². The number of nitrogens with zero attached hydrogens (tertiary/aromatic N) is 2. The summed E-state index contributed by atoms with van der Waals surface area (Å²) in [4.78, 5) is 5.18. The van der Waals surface area contributed by atoms with Gasteiger partial charge in [-0.15, -0.1) is 0 Å². The van der Waals surface area contributed by atoms with Gasteiger partial charge in [-0.25, -0.2) is 0 Å². The van der Waals surface area contributed by atoms with Gasteiger partial charge in [-0.1, -0.05) is 13.8 Å². The molecule has 0 atom stereocenters. The van der Waals surface area contributed by atoms with Crippen LogP contribution in [-0.4, -0.2) is 62.2 Å². The normalized spacial score (nSPS) is 23.6. The van der Waals surface area contributed by atoms with Crippen molar-refractivity contribution in [2.45, 2.75) is 26.7 Å². The standard InChI is InChI=1S/C10H21N3.C2H6/c1-2-6-12(5-1)9-10-13-7-3-11-4-8-13;1-2/h11H,1-10H2;1-2H3. The predicted molar refractivity (Wildman–Crippen MR) is 66.3 cm³/mol. The number of hydrogen-bond donors (Lipinski definition) is 1. The minimum atomic E-state index is 1.18. The molecule has 0 amide bonds. The van der Waals surface area contributed by atoms with E-state index in [1.807, 2.05) is 13.8 Å². The highest BCUT2D eigenvalue weighted by Gasteiger charge is 2.14. The lowest BCUT2D eigenvalue weighted by Gasteiger charge is -2.28. The van der Waals surface area contributed by atoms with Crippen LogP contribution < -0.4 is 5.32 Å². The molecule has 0 unspecified atom stereocenters. The molecule has 0 bridgehead atoms. The molecule has 2 fully saturated rings. The van der Waals surface area contributed by atoms with Crippen LogP contribution in [0.4, 0.5) is 0 Å². The van der Waals surface area contributed by atoms with E-state index >= 15 is 0 Å². The maximum atomic E-state index is 3.39. The molecule has 3 nitrogen and oxygen atoms in total. The van der Waals surface area contributed by atoms with E-state index < -0.39 is 0 Å². The van der Waals surface area contributed by atoms with E-state index in [1.165, 1.54) is 65.2 Å². The van der Waals surface area contributed by atoms with Gasteiger partial charge in [0, 0.05) is 39.3 Å². The molecule has 2 rings (SSSR count). The van der Waals surface area contributed by atoms with Gasteiger partial charge in [-0.3, -0.25) is 4.90 Å². The minimum Gasteiger partial charge on any atom is -0.314 e. The number of hydrogen-bond acceptors (Lipinski definition) is 3. The van der Waals surface area contributed by atoms with Crippen molar-refractivity contribution in [3.63, 3.8) is 0 Å². The van der Waals surface area contributed by atoms with Crippen LogP contribution in [0, 0.1) is 0 Å². The van der Waals surface area contributed by atoms with E-state index in [-0.39, 0.29) is 0 Å². The van der Waals surface area contributed by atoms with Crippen LogP contribution in [0.15, 0.2) is 0 Å². The summed E-state index contributed by atoms with van der Waals surface area (Å²) in [6, 6.07) is 0. The summed E-state index contributed by atoms with van der Waals surface area (Å²) in [7, 11) is 0. The summed E-state index contributed by atoms with van der Waals surface area (Å²) in [5.41, 5.74) is 0. The summed E-state index contributed by atoms with van der Waals surface area (Å²) in [6.07, 6.45) is 2.84. The van der Waals surface area contributed by atoms with Gasteiger partial charge in [0.25, 0.3) is 0 Å². The third kappa shape index (κ3) is 4.96. The highest BCUT2D eigenvalue weighted by Crippen LogP contribution is 2.06. The molecular formula is C12H27N3. The third-order valence-electron chi connectivity index (χ3n) is 3.14. The average Bonchev–Trinajstić information content (AvgIpc) is 2.83. The Balaban J connectivity index is 0.000000531. The number of nitrogens with one attached hydrogen (secondary N) is 1. The molecule has 2 saturated heterocycles. The maximum Gasteiger partial charge on any atom is 0.0110 e. The fourth-order valence-electron chi connectivity index (χ4n) is 2.22. The highest BCUT2D eigenvalue weighted by atomic mass is 15.2. The van der Waals surface area contributed by atoms with Gasteiger partial charge in [-0.05, 0) is 25.9 Å². The molecule has 0 aromatic carbocycles. The van der Waals surface area contributed by atoms with Crippen LogP contribution >= 0.6 is 0 Å². The zero-order valence-electron chi connectivity index (χ0n) is 10.5. The van der Waals surface area contributed by atoms with E-state index in [0.717, 1.165) is 0 Å². The van der Waals surface area contributed by atoms with Crippen molar-refractivity contribution >= 4 is 0 Å². The lowest BCUT2D eigenvalue weighted by molar-refractivity contribution is 0.205. The SMILES string of the molecule is C1CCN(CCN2CCNCC2)C1.CC. The van der Waals surface area contributed by atoms with Crippen molar-refractivity contribution in [1.29, 1.82) is 0 Å². The zero-order valence-corrected chi connectivity index (χ0v) is 10.5. The molecule has 0 saturated carbocycles. The van der Waals surface area contributed by atoms with Crippen molar-refractivity contribution in [2.75, 3.05) is 52.4 Å². The first kappa shape index (κ1) is 12.9. The van der Waals surface area contributed by atoms with Crippen LogP contribution in [0.25, 0.3) is 0 Å². The van der Waals surface area contributed by atoms with Crippen molar-refractivity contribution in [3.05, 3.63) is 0 Å². The van der Waals surface area contributed by atoms with Gasteiger partial charge < -0.3 is 10.2 Å². The second-order valence-corrected chi connectivity index (χ2v) is 4.14. The van der Waals surface area contributed by atoms with Crippen LogP contribution in [0.5, 0.6) is 0 Å². The zero-order chi connectivity index (χ0) is 10.9. The Bertz CT molecular complexity index is 138. The molecule has 3 heteroatoms. The Hall–Kier alpha value is -0.120. The molecule has 2 aliphatic rings. The highest BCUT2D eigenvalue weighted by molar-refractivity contribution is 4.71. The number of likely N-dealkylation sites (tertiary alicyclic amines) is 1. The van der Waals surface area contributed by atoms with E-state index in [4.69, 9.17) is 0 Å². The van der Waals surface area contributed by atoms with E-state index in [2.05, 4.69) is 15.1 Å². The van der Waals surface area contributed by atoms with E-state index in [9.17, 15) is 0 Å². The minimum absolute atomic E-state index is 1.18.